The molecule has 1 aliphatic carbocycles. The molecule has 0 saturated heterocycles. The lowest BCUT2D eigenvalue weighted by atomic mass is 9.60. The third-order valence-corrected chi connectivity index (χ3v) is 4.04. The summed E-state index contributed by atoms with van der Waals surface area (Å²) in [6.07, 6.45) is 7.18. The van der Waals surface area contributed by atoms with Gasteiger partial charge in [0, 0.05) is 11.5 Å². The number of hydrogen-bond acceptors (Lipinski definition) is 1. The summed E-state index contributed by atoms with van der Waals surface area (Å²) in [4.78, 5) is 0. The number of benzene rings is 1. The summed E-state index contributed by atoms with van der Waals surface area (Å²) >= 11 is 0. The van der Waals surface area contributed by atoms with Crippen LogP contribution < -0.4 is 5.32 Å². The molecule has 0 heterocycles. The molecule has 1 saturated carbocycles. The Hall–Kier alpha value is -1.08. The molecule has 1 heteroatoms. The first kappa shape index (κ1) is 12.4. The van der Waals surface area contributed by atoms with Crippen molar-refractivity contribution < 1.29 is 0 Å². The lowest BCUT2D eigenvalue weighted by molar-refractivity contribution is 0.195. The highest BCUT2D eigenvalue weighted by Crippen LogP contribution is 2.46. The van der Waals surface area contributed by atoms with Gasteiger partial charge in [-0.3, -0.25) is 0 Å². The predicted octanol–water partition coefficient (Wildman–Crippen LogP) is 3.66. The Balaban J connectivity index is 2.21. The van der Waals surface area contributed by atoms with E-state index in [1.807, 2.05) is 0 Å². The van der Waals surface area contributed by atoms with E-state index in [0.29, 0.717) is 11.5 Å². The summed E-state index contributed by atoms with van der Waals surface area (Å²) < 4.78 is 0. The zero-order valence-electron chi connectivity index (χ0n) is 10.8. The first-order valence-electron chi connectivity index (χ1n) is 6.75. The van der Waals surface area contributed by atoms with Crippen molar-refractivity contribution in [3.05, 3.63) is 48.6 Å². The lowest BCUT2D eigenvalue weighted by Crippen LogP contribution is -2.51. The molecule has 0 bridgehead atoms. The van der Waals surface area contributed by atoms with Gasteiger partial charge in [0.2, 0.25) is 0 Å². The van der Waals surface area contributed by atoms with Crippen molar-refractivity contribution in [1.82, 2.24) is 5.32 Å². The summed E-state index contributed by atoms with van der Waals surface area (Å²) in [5, 5.41) is 3.64. The monoisotopic (exact) mass is 229 g/mol. The van der Waals surface area contributed by atoms with E-state index in [1.54, 1.807) is 0 Å². The SMILES string of the molecule is C=CC(NCCC)C1(c2ccccc2)CCC1. The number of hydrogen-bond donors (Lipinski definition) is 1. The van der Waals surface area contributed by atoms with Gasteiger partial charge in [0.25, 0.3) is 0 Å². The highest BCUT2D eigenvalue weighted by molar-refractivity contribution is 5.32. The van der Waals surface area contributed by atoms with E-state index in [9.17, 15) is 0 Å². The molecule has 1 aliphatic rings. The van der Waals surface area contributed by atoms with Crippen LogP contribution >= 0.6 is 0 Å². The molecule has 2 rings (SSSR count). The van der Waals surface area contributed by atoms with Crippen LogP contribution in [0.2, 0.25) is 0 Å². The van der Waals surface area contributed by atoms with Gasteiger partial charge in [-0.15, -0.1) is 6.58 Å². The molecule has 1 aromatic carbocycles. The third kappa shape index (κ3) is 2.30. The average molecular weight is 229 g/mol. The molecule has 0 spiro atoms. The van der Waals surface area contributed by atoms with E-state index in [1.165, 1.54) is 31.2 Å². The lowest BCUT2D eigenvalue weighted by Gasteiger charge is -2.47. The second-order valence-corrected chi connectivity index (χ2v) is 5.04. The zero-order valence-corrected chi connectivity index (χ0v) is 10.8. The van der Waals surface area contributed by atoms with Crippen LogP contribution in [0.25, 0.3) is 0 Å². The van der Waals surface area contributed by atoms with E-state index in [0.717, 1.165) is 6.54 Å². The molecule has 17 heavy (non-hydrogen) atoms. The molecule has 92 valence electrons. The third-order valence-electron chi connectivity index (χ3n) is 4.04. The standard InChI is InChI=1S/C16H23N/c1-3-13-17-15(4-2)16(11-8-12-16)14-9-6-5-7-10-14/h4-7,9-10,15,17H,2-3,8,11-13H2,1H3. The largest absolute Gasteiger partial charge is 0.310 e. The average Bonchev–Trinajstić information content (AvgIpc) is 2.33. The highest BCUT2D eigenvalue weighted by atomic mass is 14.9. The molecule has 1 unspecified atom stereocenters. The van der Waals surface area contributed by atoms with Crippen LogP contribution in [0.4, 0.5) is 0 Å². The Morgan fingerprint density at radius 1 is 1.35 bits per heavy atom. The van der Waals surface area contributed by atoms with Gasteiger partial charge < -0.3 is 5.32 Å². The Kier molecular flexibility index (Phi) is 4.01. The van der Waals surface area contributed by atoms with Crippen LogP contribution in [-0.4, -0.2) is 12.6 Å². The highest BCUT2D eigenvalue weighted by Gasteiger charge is 2.43. The van der Waals surface area contributed by atoms with Crippen molar-refractivity contribution in [2.45, 2.75) is 44.1 Å². The summed E-state index contributed by atoms with van der Waals surface area (Å²) in [5.74, 6) is 0. The molecular formula is C16H23N. The zero-order chi connectivity index (χ0) is 12.1. The molecule has 0 aromatic heterocycles. The molecular weight excluding hydrogens is 206 g/mol. The molecule has 1 atom stereocenters. The van der Waals surface area contributed by atoms with Crippen molar-refractivity contribution in [1.29, 1.82) is 0 Å². The van der Waals surface area contributed by atoms with E-state index in [4.69, 9.17) is 0 Å². The van der Waals surface area contributed by atoms with Crippen molar-refractivity contribution in [3.8, 4) is 0 Å². The van der Waals surface area contributed by atoms with Crippen LogP contribution in [0, 0.1) is 0 Å². The van der Waals surface area contributed by atoms with Crippen LogP contribution in [0.1, 0.15) is 38.2 Å². The van der Waals surface area contributed by atoms with E-state index >= 15 is 0 Å². The Morgan fingerprint density at radius 3 is 2.53 bits per heavy atom. The van der Waals surface area contributed by atoms with Crippen LogP contribution in [0.3, 0.4) is 0 Å². The summed E-state index contributed by atoms with van der Waals surface area (Å²) in [5.41, 5.74) is 1.78. The maximum atomic E-state index is 4.02. The quantitative estimate of drug-likeness (QED) is 0.734. The molecule has 1 fully saturated rings. The second kappa shape index (κ2) is 5.50. The van der Waals surface area contributed by atoms with Gasteiger partial charge in [-0.1, -0.05) is 49.8 Å². The smallest absolute Gasteiger partial charge is 0.0344 e. The minimum Gasteiger partial charge on any atom is -0.310 e. The van der Waals surface area contributed by atoms with Crippen LogP contribution in [-0.2, 0) is 5.41 Å². The second-order valence-electron chi connectivity index (χ2n) is 5.04. The van der Waals surface area contributed by atoms with Crippen molar-refractivity contribution in [2.24, 2.45) is 0 Å². The minimum atomic E-state index is 0.304. The maximum Gasteiger partial charge on any atom is 0.0344 e. The Bertz CT molecular complexity index is 351. The van der Waals surface area contributed by atoms with E-state index < -0.39 is 0 Å². The van der Waals surface area contributed by atoms with E-state index in [-0.39, 0.29) is 0 Å². The molecule has 1 N–H and O–H groups in total. The molecule has 0 radical (unpaired) electrons. The van der Waals surface area contributed by atoms with Crippen LogP contribution in [0.15, 0.2) is 43.0 Å². The number of rotatable bonds is 6. The van der Waals surface area contributed by atoms with E-state index in [2.05, 4.69) is 55.2 Å². The van der Waals surface area contributed by atoms with Gasteiger partial charge in [0.05, 0.1) is 0 Å². The van der Waals surface area contributed by atoms with Gasteiger partial charge in [0.1, 0.15) is 0 Å². The Morgan fingerprint density at radius 2 is 2.06 bits per heavy atom. The molecule has 0 amide bonds. The first-order chi connectivity index (χ1) is 8.33. The van der Waals surface area contributed by atoms with Crippen molar-refractivity contribution in [3.63, 3.8) is 0 Å². The Labute approximate surface area is 105 Å². The maximum absolute atomic E-state index is 4.02. The fourth-order valence-corrected chi connectivity index (χ4v) is 2.91. The summed E-state index contributed by atoms with van der Waals surface area (Å²) in [7, 11) is 0. The van der Waals surface area contributed by atoms with Crippen molar-refractivity contribution >= 4 is 0 Å². The van der Waals surface area contributed by atoms with Gasteiger partial charge in [-0.2, -0.15) is 0 Å². The fourth-order valence-electron chi connectivity index (χ4n) is 2.91. The van der Waals surface area contributed by atoms with Gasteiger partial charge in [-0.05, 0) is 31.4 Å². The summed E-state index contributed by atoms with van der Waals surface area (Å²) in [6, 6.07) is 11.3. The van der Waals surface area contributed by atoms with Gasteiger partial charge in [0.15, 0.2) is 0 Å². The molecule has 1 aromatic rings. The normalized spacial score (nSPS) is 19.4. The number of nitrogens with one attached hydrogen (secondary N) is 1. The fraction of sp³-hybridized carbons (Fsp3) is 0.500. The predicted molar refractivity (Wildman–Crippen MR) is 74.2 cm³/mol. The van der Waals surface area contributed by atoms with Gasteiger partial charge >= 0.3 is 0 Å². The molecule has 1 nitrogen and oxygen atoms in total. The van der Waals surface area contributed by atoms with Crippen molar-refractivity contribution in [2.75, 3.05) is 6.54 Å². The van der Waals surface area contributed by atoms with Crippen LogP contribution in [0.5, 0.6) is 0 Å². The first-order valence-corrected chi connectivity index (χ1v) is 6.75. The minimum absolute atomic E-state index is 0.304. The molecule has 0 aliphatic heterocycles. The van der Waals surface area contributed by atoms with Gasteiger partial charge in [-0.25, -0.2) is 0 Å². The summed E-state index contributed by atoms with van der Waals surface area (Å²) in [6.45, 7) is 7.31. The topological polar surface area (TPSA) is 12.0 Å².